The predicted octanol–water partition coefficient (Wildman–Crippen LogP) is 2.43. The number of para-hydroxylation sites is 1. The molecule has 20 heavy (non-hydrogen) atoms. The minimum absolute atomic E-state index is 0.0460. The van der Waals surface area contributed by atoms with E-state index in [1.807, 2.05) is 24.3 Å². The van der Waals surface area contributed by atoms with Gasteiger partial charge in [-0.25, -0.2) is 0 Å². The van der Waals surface area contributed by atoms with E-state index in [4.69, 9.17) is 4.74 Å². The van der Waals surface area contributed by atoms with E-state index in [1.54, 1.807) is 6.92 Å². The molecule has 1 N–H and O–H groups in total. The summed E-state index contributed by atoms with van der Waals surface area (Å²) in [4.78, 5) is 14.4. The number of hydrogen-bond donors (Lipinski definition) is 1. The first-order chi connectivity index (χ1) is 9.56. The summed E-state index contributed by atoms with van der Waals surface area (Å²) in [7, 11) is 2.11. The molecule has 0 saturated carbocycles. The molecular formula is C15H21BrN2O2. The Labute approximate surface area is 128 Å². The van der Waals surface area contributed by atoms with E-state index in [0.717, 1.165) is 30.4 Å². The number of likely N-dealkylation sites (tertiary alicyclic amines) is 1. The molecule has 0 radical (unpaired) electrons. The lowest BCUT2D eigenvalue weighted by molar-refractivity contribution is -0.128. The van der Waals surface area contributed by atoms with Gasteiger partial charge < -0.3 is 15.0 Å². The summed E-state index contributed by atoms with van der Waals surface area (Å²) >= 11 is 3.42. The maximum Gasteiger partial charge on any atom is 0.260 e. The lowest BCUT2D eigenvalue weighted by Crippen LogP contribution is -2.47. The zero-order valence-electron chi connectivity index (χ0n) is 11.9. The highest BCUT2D eigenvalue weighted by atomic mass is 79.9. The third-order valence-electron chi connectivity index (χ3n) is 3.57. The molecule has 0 spiro atoms. The number of amides is 1. The molecule has 1 aromatic carbocycles. The standard InChI is InChI=1S/C15H21BrN2O2/c1-11(20-14-6-4-3-5-13(14)16)15(19)17-12-7-9-18(2)10-8-12/h3-6,11-12H,7-10H2,1-2H3,(H,17,19). The number of carbonyl (C=O) groups excluding carboxylic acids is 1. The van der Waals surface area contributed by atoms with Crippen LogP contribution in [0.3, 0.4) is 0 Å². The largest absolute Gasteiger partial charge is 0.480 e. The summed E-state index contributed by atoms with van der Waals surface area (Å²) in [5.41, 5.74) is 0. The van der Waals surface area contributed by atoms with Crippen LogP contribution in [0.5, 0.6) is 5.75 Å². The van der Waals surface area contributed by atoms with Crippen molar-refractivity contribution < 1.29 is 9.53 Å². The van der Waals surface area contributed by atoms with Crippen LogP contribution in [0, 0.1) is 0 Å². The number of carbonyl (C=O) groups is 1. The summed E-state index contributed by atoms with van der Waals surface area (Å²) in [6, 6.07) is 7.83. The molecule has 1 aromatic rings. The van der Waals surface area contributed by atoms with Crippen LogP contribution in [0.25, 0.3) is 0 Å². The Kier molecular flexibility index (Phi) is 5.43. The average Bonchev–Trinajstić information content (AvgIpc) is 2.44. The summed E-state index contributed by atoms with van der Waals surface area (Å²) in [5, 5.41) is 3.07. The van der Waals surface area contributed by atoms with Crippen molar-refractivity contribution in [2.75, 3.05) is 20.1 Å². The molecule has 1 aliphatic heterocycles. The van der Waals surface area contributed by atoms with Gasteiger partial charge in [-0.2, -0.15) is 0 Å². The van der Waals surface area contributed by atoms with Crippen molar-refractivity contribution in [3.05, 3.63) is 28.7 Å². The van der Waals surface area contributed by atoms with Gasteiger partial charge in [-0.15, -0.1) is 0 Å². The Bertz CT molecular complexity index is 459. The second-order valence-corrected chi connectivity index (χ2v) is 6.13. The second-order valence-electron chi connectivity index (χ2n) is 5.28. The van der Waals surface area contributed by atoms with Gasteiger partial charge in [0, 0.05) is 6.04 Å². The topological polar surface area (TPSA) is 41.6 Å². The van der Waals surface area contributed by atoms with Gasteiger partial charge in [0.1, 0.15) is 5.75 Å². The highest BCUT2D eigenvalue weighted by Gasteiger charge is 2.22. The summed E-state index contributed by atoms with van der Waals surface area (Å²) in [5.74, 6) is 0.647. The van der Waals surface area contributed by atoms with Crippen LogP contribution >= 0.6 is 15.9 Å². The molecule has 0 aromatic heterocycles. The SMILES string of the molecule is CC(Oc1ccccc1Br)C(=O)NC1CCN(C)CC1. The summed E-state index contributed by atoms with van der Waals surface area (Å²) < 4.78 is 6.56. The van der Waals surface area contributed by atoms with Crippen LogP contribution in [-0.4, -0.2) is 43.1 Å². The molecule has 1 saturated heterocycles. The molecule has 1 amide bonds. The minimum atomic E-state index is -0.492. The quantitative estimate of drug-likeness (QED) is 0.915. The van der Waals surface area contributed by atoms with Gasteiger partial charge in [0.25, 0.3) is 5.91 Å². The van der Waals surface area contributed by atoms with E-state index in [-0.39, 0.29) is 11.9 Å². The van der Waals surface area contributed by atoms with Gasteiger partial charge >= 0.3 is 0 Å². The van der Waals surface area contributed by atoms with Crippen molar-refractivity contribution in [3.8, 4) is 5.75 Å². The van der Waals surface area contributed by atoms with Crippen molar-refractivity contribution in [1.82, 2.24) is 10.2 Å². The Morgan fingerprint density at radius 3 is 2.70 bits per heavy atom. The van der Waals surface area contributed by atoms with Crippen LogP contribution in [-0.2, 0) is 4.79 Å². The third kappa shape index (κ3) is 4.21. The summed E-state index contributed by atoms with van der Waals surface area (Å²) in [6.45, 7) is 3.85. The molecule has 1 unspecified atom stereocenters. The van der Waals surface area contributed by atoms with Gasteiger partial charge in [0.2, 0.25) is 0 Å². The lowest BCUT2D eigenvalue weighted by Gasteiger charge is -2.30. The third-order valence-corrected chi connectivity index (χ3v) is 4.23. The van der Waals surface area contributed by atoms with Gasteiger partial charge in [0.05, 0.1) is 4.47 Å². The van der Waals surface area contributed by atoms with Crippen molar-refractivity contribution in [2.24, 2.45) is 0 Å². The fourth-order valence-electron chi connectivity index (χ4n) is 2.26. The molecule has 1 heterocycles. The first-order valence-corrected chi connectivity index (χ1v) is 7.75. The number of halogens is 1. The second kappa shape index (κ2) is 7.09. The van der Waals surface area contributed by atoms with E-state index in [0.29, 0.717) is 5.75 Å². The number of piperidine rings is 1. The van der Waals surface area contributed by atoms with E-state index < -0.39 is 6.10 Å². The molecule has 4 nitrogen and oxygen atoms in total. The molecule has 0 aliphatic carbocycles. The molecule has 110 valence electrons. The Hall–Kier alpha value is -1.07. The Morgan fingerprint density at radius 1 is 1.40 bits per heavy atom. The first-order valence-electron chi connectivity index (χ1n) is 6.96. The number of benzene rings is 1. The van der Waals surface area contributed by atoms with Gasteiger partial charge in [-0.05, 0) is 68.0 Å². The molecule has 1 fully saturated rings. The Balaban J connectivity index is 1.84. The fraction of sp³-hybridized carbons (Fsp3) is 0.533. The molecule has 2 rings (SSSR count). The molecule has 0 bridgehead atoms. The molecule has 5 heteroatoms. The minimum Gasteiger partial charge on any atom is -0.480 e. The molecule has 1 aliphatic rings. The smallest absolute Gasteiger partial charge is 0.260 e. The number of rotatable bonds is 4. The van der Waals surface area contributed by atoms with Crippen molar-refractivity contribution in [3.63, 3.8) is 0 Å². The highest BCUT2D eigenvalue weighted by Crippen LogP contribution is 2.24. The van der Waals surface area contributed by atoms with Gasteiger partial charge in [-0.1, -0.05) is 12.1 Å². The van der Waals surface area contributed by atoms with Crippen LogP contribution in [0.15, 0.2) is 28.7 Å². The predicted molar refractivity (Wildman–Crippen MR) is 82.9 cm³/mol. The van der Waals surface area contributed by atoms with Crippen molar-refractivity contribution in [2.45, 2.75) is 31.9 Å². The van der Waals surface area contributed by atoms with E-state index in [9.17, 15) is 4.79 Å². The number of hydrogen-bond acceptors (Lipinski definition) is 3. The van der Waals surface area contributed by atoms with E-state index >= 15 is 0 Å². The lowest BCUT2D eigenvalue weighted by atomic mass is 10.1. The van der Waals surface area contributed by atoms with Crippen LogP contribution in [0.4, 0.5) is 0 Å². The fourth-order valence-corrected chi connectivity index (χ4v) is 2.63. The van der Waals surface area contributed by atoms with E-state index in [2.05, 4.69) is 33.2 Å². The van der Waals surface area contributed by atoms with Crippen molar-refractivity contribution >= 4 is 21.8 Å². The average molecular weight is 341 g/mol. The number of nitrogens with zero attached hydrogens (tertiary/aromatic N) is 1. The van der Waals surface area contributed by atoms with Gasteiger partial charge in [-0.3, -0.25) is 4.79 Å². The highest BCUT2D eigenvalue weighted by molar-refractivity contribution is 9.10. The first kappa shape index (κ1) is 15.3. The normalized spacial score (nSPS) is 18.6. The summed E-state index contributed by atoms with van der Waals surface area (Å²) in [6.07, 6.45) is 1.52. The van der Waals surface area contributed by atoms with Crippen molar-refractivity contribution in [1.29, 1.82) is 0 Å². The van der Waals surface area contributed by atoms with Crippen LogP contribution in [0.1, 0.15) is 19.8 Å². The number of ether oxygens (including phenoxy) is 1. The monoisotopic (exact) mass is 340 g/mol. The maximum atomic E-state index is 12.1. The van der Waals surface area contributed by atoms with E-state index in [1.165, 1.54) is 0 Å². The zero-order valence-corrected chi connectivity index (χ0v) is 13.5. The zero-order chi connectivity index (χ0) is 14.5. The Morgan fingerprint density at radius 2 is 2.05 bits per heavy atom. The van der Waals surface area contributed by atoms with Gasteiger partial charge in [0.15, 0.2) is 6.10 Å². The number of nitrogens with one attached hydrogen (secondary N) is 1. The molecule has 1 atom stereocenters. The van der Waals surface area contributed by atoms with Crippen LogP contribution in [0.2, 0.25) is 0 Å². The molecular weight excluding hydrogens is 320 g/mol. The van der Waals surface area contributed by atoms with Crippen LogP contribution < -0.4 is 10.1 Å². The maximum absolute atomic E-state index is 12.1.